The van der Waals surface area contributed by atoms with Crippen LogP contribution in [0.25, 0.3) is 5.65 Å². The lowest BCUT2D eigenvalue weighted by molar-refractivity contribution is 0.218. The third kappa shape index (κ3) is 2.17. The Balaban J connectivity index is 1.87. The predicted octanol–water partition coefficient (Wildman–Crippen LogP) is 2.97. The molecule has 3 rings (SSSR count). The lowest BCUT2D eigenvalue weighted by atomic mass is 10.1. The van der Waals surface area contributed by atoms with E-state index < -0.39 is 0 Å². The summed E-state index contributed by atoms with van der Waals surface area (Å²) in [6, 6.07) is 3.85. The van der Waals surface area contributed by atoms with E-state index in [0.717, 1.165) is 17.2 Å². The minimum absolute atomic E-state index is 0.720. The van der Waals surface area contributed by atoms with Gasteiger partial charge in [-0.3, -0.25) is 4.90 Å². The van der Waals surface area contributed by atoms with Gasteiger partial charge in [-0.05, 0) is 38.1 Å². The fourth-order valence-electron chi connectivity index (χ4n) is 2.49. The second-order valence-corrected chi connectivity index (χ2v) is 5.04. The molecule has 0 unspecified atom stereocenters. The highest BCUT2D eigenvalue weighted by molar-refractivity contribution is 6.33. The maximum atomic E-state index is 6.12. The summed E-state index contributed by atoms with van der Waals surface area (Å²) in [7, 11) is 0. The number of rotatable bonds is 2. The van der Waals surface area contributed by atoms with Crippen molar-refractivity contribution in [3.05, 3.63) is 35.2 Å². The topological polar surface area (TPSA) is 20.5 Å². The Morgan fingerprint density at radius 3 is 2.88 bits per heavy atom. The smallest absolute Gasteiger partial charge is 0.155 e. The average molecular weight is 250 g/mol. The first-order chi connectivity index (χ1) is 8.34. The van der Waals surface area contributed by atoms with Gasteiger partial charge in [0.1, 0.15) is 0 Å². The summed E-state index contributed by atoms with van der Waals surface area (Å²) in [6.07, 6.45) is 7.98. The second kappa shape index (κ2) is 4.67. The molecule has 2 aromatic heterocycles. The van der Waals surface area contributed by atoms with Gasteiger partial charge < -0.3 is 4.40 Å². The summed E-state index contributed by atoms with van der Waals surface area (Å²) >= 11 is 6.12. The van der Waals surface area contributed by atoms with Gasteiger partial charge in [-0.1, -0.05) is 18.0 Å². The molecule has 0 aliphatic carbocycles. The van der Waals surface area contributed by atoms with E-state index in [1.54, 1.807) is 0 Å². The van der Waals surface area contributed by atoms with Crippen LogP contribution in [-0.2, 0) is 6.54 Å². The van der Waals surface area contributed by atoms with Crippen LogP contribution in [0.1, 0.15) is 25.0 Å². The van der Waals surface area contributed by atoms with Crippen LogP contribution in [0.15, 0.2) is 24.5 Å². The molecule has 0 atom stereocenters. The van der Waals surface area contributed by atoms with Crippen molar-refractivity contribution in [3.63, 3.8) is 0 Å². The predicted molar refractivity (Wildman–Crippen MR) is 69.3 cm³/mol. The first-order valence-electron chi connectivity index (χ1n) is 6.17. The van der Waals surface area contributed by atoms with E-state index in [4.69, 9.17) is 11.6 Å². The average Bonchev–Trinajstić information content (AvgIpc) is 2.76. The number of aromatic nitrogens is 2. The van der Waals surface area contributed by atoms with E-state index in [-0.39, 0.29) is 0 Å². The van der Waals surface area contributed by atoms with Crippen LogP contribution in [-0.4, -0.2) is 27.4 Å². The molecule has 4 heteroatoms. The van der Waals surface area contributed by atoms with Gasteiger partial charge >= 0.3 is 0 Å². The maximum absolute atomic E-state index is 6.12. The van der Waals surface area contributed by atoms with Crippen LogP contribution < -0.4 is 0 Å². The maximum Gasteiger partial charge on any atom is 0.155 e. The van der Waals surface area contributed by atoms with Crippen LogP contribution >= 0.6 is 11.6 Å². The van der Waals surface area contributed by atoms with E-state index in [1.807, 2.05) is 24.5 Å². The van der Waals surface area contributed by atoms with Gasteiger partial charge in [-0.15, -0.1) is 0 Å². The molecule has 0 N–H and O–H groups in total. The van der Waals surface area contributed by atoms with Crippen LogP contribution in [0.2, 0.25) is 5.02 Å². The summed E-state index contributed by atoms with van der Waals surface area (Å²) in [5, 5.41) is 0.720. The molecule has 0 aromatic carbocycles. The molecule has 1 aliphatic rings. The zero-order chi connectivity index (χ0) is 11.7. The van der Waals surface area contributed by atoms with Gasteiger partial charge in [-0.2, -0.15) is 0 Å². The van der Waals surface area contributed by atoms with Crippen molar-refractivity contribution < 1.29 is 0 Å². The van der Waals surface area contributed by atoms with Crippen molar-refractivity contribution in [1.29, 1.82) is 0 Å². The highest BCUT2D eigenvalue weighted by Gasteiger charge is 2.13. The van der Waals surface area contributed by atoms with Gasteiger partial charge in [0.2, 0.25) is 0 Å². The van der Waals surface area contributed by atoms with E-state index in [2.05, 4.69) is 14.3 Å². The summed E-state index contributed by atoms with van der Waals surface area (Å²) in [4.78, 5) is 6.88. The number of imidazole rings is 1. The SMILES string of the molecule is Clc1cccn2c(CN3CCCCC3)cnc12. The normalized spacial score (nSPS) is 17.7. The molecule has 0 bridgehead atoms. The Hall–Kier alpha value is -1.06. The molecule has 0 spiro atoms. The molecule has 3 heterocycles. The quantitative estimate of drug-likeness (QED) is 0.816. The monoisotopic (exact) mass is 249 g/mol. The number of fused-ring (bicyclic) bond motifs is 1. The molecule has 0 radical (unpaired) electrons. The summed E-state index contributed by atoms with van der Waals surface area (Å²) in [5.74, 6) is 0. The standard InChI is InChI=1S/C13H16ClN3/c14-12-5-4-8-17-11(9-15-13(12)17)10-16-6-2-1-3-7-16/h4-5,8-9H,1-3,6-7,10H2. The van der Waals surface area contributed by atoms with Gasteiger partial charge in [0.05, 0.1) is 16.9 Å². The Bertz CT molecular complexity index is 514. The van der Waals surface area contributed by atoms with E-state index in [9.17, 15) is 0 Å². The number of hydrogen-bond acceptors (Lipinski definition) is 2. The lowest BCUT2D eigenvalue weighted by Crippen LogP contribution is -2.29. The third-order valence-electron chi connectivity index (χ3n) is 3.40. The number of likely N-dealkylation sites (tertiary alicyclic amines) is 1. The molecule has 1 fully saturated rings. The molecule has 3 nitrogen and oxygen atoms in total. The molecule has 17 heavy (non-hydrogen) atoms. The Morgan fingerprint density at radius 2 is 2.06 bits per heavy atom. The highest BCUT2D eigenvalue weighted by atomic mass is 35.5. The van der Waals surface area contributed by atoms with E-state index in [0.29, 0.717) is 0 Å². The van der Waals surface area contributed by atoms with Crippen molar-refractivity contribution in [3.8, 4) is 0 Å². The first kappa shape index (κ1) is 11.1. The van der Waals surface area contributed by atoms with Crippen LogP contribution in [0.5, 0.6) is 0 Å². The minimum atomic E-state index is 0.720. The van der Waals surface area contributed by atoms with E-state index in [1.165, 1.54) is 38.0 Å². The van der Waals surface area contributed by atoms with Crippen LogP contribution in [0.4, 0.5) is 0 Å². The van der Waals surface area contributed by atoms with Crippen LogP contribution in [0.3, 0.4) is 0 Å². The zero-order valence-corrected chi connectivity index (χ0v) is 10.5. The van der Waals surface area contributed by atoms with Crippen molar-refractivity contribution in [2.24, 2.45) is 0 Å². The minimum Gasteiger partial charge on any atom is -0.302 e. The van der Waals surface area contributed by atoms with Crippen molar-refractivity contribution >= 4 is 17.2 Å². The van der Waals surface area contributed by atoms with Crippen molar-refractivity contribution in [2.45, 2.75) is 25.8 Å². The lowest BCUT2D eigenvalue weighted by Gasteiger charge is -2.25. The van der Waals surface area contributed by atoms with Gasteiger partial charge in [0, 0.05) is 12.7 Å². The summed E-state index contributed by atoms with van der Waals surface area (Å²) in [5.41, 5.74) is 2.09. The Kier molecular flexibility index (Phi) is 3.04. The fourth-order valence-corrected chi connectivity index (χ4v) is 2.70. The fraction of sp³-hybridized carbons (Fsp3) is 0.462. The first-order valence-corrected chi connectivity index (χ1v) is 6.55. The number of piperidine rings is 1. The number of hydrogen-bond donors (Lipinski definition) is 0. The number of nitrogens with zero attached hydrogens (tertiary/aromatic N) is 3. The van der Waals surface area contributed by atoms with Crippen molar-refractivity contribution in [2.75, 3.05) is 13.1 Å². The third-order valence-corrected chi connectivity index (χ3v) is 3.69. The van der Waals surface area contributed by atoms with Gasteiger partial charge in [0.25, 0.3) is 0 Å². The number of halogens is 1. The molecule has 1 aliphatic heterocycles. The molecule has 0 saturated carbocycles. The summed E-state index contributed by atoms with van der Waals surface area (Å²) in [6.45, 7) is 3.38. The molecule has 90 valence electrons. The highest BCUT2D eigenvalue weighted by Crippen LogP contribution is 2.19. The van der Waals surface area contributed by atoms with E-state index >= 15 is 0 Å². The molecule has 0 amide bonds. The van der Waals surface area contributed by atoms with Crippen molar-refractivity contribution in [1.82, 2.24) is 14.3 Å². The Morgan fingerprint density at radius 1 is 1.24 bits per heavy atom. The second-order valence-electron chi connectivity index (χ2n) is 4.64. The molecular formula is C13H16ClN3. The van der Waals surface area contributed by atoms with Crippen LogP contribution in [0, 0.1) is 0 Å². The largest absolute Gasteiger partial charge is 0.302 e. The molecule has 1 saturated heterocycles. The zero-order valence-electron chi connectivity index (χ0n) is 9.77. The van der Waals surface area contributed by atoms with Gasteiger partial charge in [-0.25, -0.2) is 4.98 Å². The molecule has 2 aromatic rings. The van der Waals surface area contributed by atoms with Gasteiger partial charge in [0.15, 0.2) is 5.65 Å². The number of pyridine rings is 1. The Labute approximate surface area is 106 Å². The molecular weight excluding hydrogens is 234 g/mol. The summed E-state index contributed by atoms with van der Waals surface area (Å²) < 4.78 is 2.09.